The van der Waals surface area contributed by atoms with Crippen molar-refractivity contribution in [3.05, 3.63) is 34.3 Å². The van der Waals surface area contributed by atoms with Crippen LogP contribution in [0.25, 0.3) is 0 Å². The monoisotopic (exact) mass is 324 g/mol. The normalized spacial score (nSPS) is 19.5. The first-order valence-electron chi connectivity index (χ1n) is 7.35. The van der Waals surface area contributed by atoms with Crippen molar-refractivity contribution in [3.63, 3.8) is 0 Å². The number of nitrogens with one attached hydrogen (secondary N) is 1. The highest BCUT2D eigenvalue weighted by Gasteiger charge is 2.23. The Bertz CT molecular complexity index is 386. The van der Waals surface area contributed by atoms with E-state index >= 15 is 0 Å². The number of halogens is 1. The number of nitrogens with zero attached hydrogens (tertiary/aromatic N) is 1. The molecular formula is C16H25BrN2. The minimum atomic E-state index is 0.530. The Morgan fingerprint density at radius 3 is 2.74 bits per heavy atom. The third-order valence-corrected chi connectivity index (χ3v) is 4.82. The predicted molar refractivity (Wildman–Crippen MR) is 85.4 cm³/mol. The van der Waals surface area contributed by atoms with Crippen molar-refractivity contribution >= 4 is 15.9 Å². The van der Waals surface area contributed by atoms with Crippen LogP contribution in [0.15, 0.2) is 28.7 Å². The van der Waals surface area contributed by atoms with Crippen molar-refractivity contribution in [2.45, 2.75) is 32.2 Å². The SMILES string of the molecule is CNCCC1CCN(C(C)c2cccc(Br)c2)CC1. The van der Waals surface area contributed by atoms with Crippen LogP contribution in [-0.2, 0) is 0 Å². The minimum absolute atomic E-state index is 0.530. The molecule has 0 radical (unpaired) electrons. The Balaban J connectivity index is 1.87. The number of piperidine rings is 1. The predicted octanol–water partition coefficient (Wildman–Crippen LogP) is 3.83. The van der Waals surface area contributed by atoms with Crippen molar-refractivity contribution in [2.24, 2.45) is 5.92 Å². The second-order valence-corrected chi connectivity index (χ2v) is 6.52. The maximum absolute atomic E-state index is 3.57. The fourth-order valence-corrected chi connectivity index (χ4v) is 3.37. The first kappa shape index (κ1) is 15.0. The fourth-order valence-electron chi connectivity index (χ4n) is 2.95. The molecule has 1 fully saturated rings. The van der Waals surface area contributed by atoms with Gasteiger partial charge in [-0.05, 0) is 76.5 Å². The van der Waals surface area contributed by atoms with Crippen LogP contribution in [0.1, 0.15) is 37.8 Å². The van der Waals surface area contributed by atoms with Gasteiger partial charge in [0.05, 0.1) is 0 Å². The average molecular weight is 325 g/mol. The highest BCUT2D eigenvalue weighted by molar-refractivity contribution is 9.10. The quantitative estimate of drug-likeness (QED) is 0.885. The lowest BCUT2D eigenvalue weighted by molar-refractivity contribution is 0.137. The summed E-state index contributed by atoms with van der Waals surface area (Å²) in [5.41, 5.74) is 1.42. The van der Waals surface area contributed by atoms with Gasteiger partial charge in [-0.2, -0.15) is 0 Å². The molecule has 106 valence electrons. The molecule has 0 bridgehead atoms. The second-order valence-electron chi connectivity index (χ2n) is 5.60. The van der Waals surface area contributed by atoms with Crippen LogP contribution in [-0.4, -0.2) is 31.6 Å². The molecule has 3 heteroatoms. The summed E-state index contributed by atoms with van der Waals surface area (Å²) in [6.45, 7) is 5.96. The third kappa shape index (κ3) is 4.30. The molecule has 1 N–H and O–H groups in total. The van der Waals surface area contributed by atoms with Crippen LogP contribution in [0.2, 0.25) is 0 Å². The second kappa shape index (κ2) is 7.41. The van der Waals surface area contributed by atoms with E-state index in [-0.39, 0.29) is 0 Å². The molecule has 1 saturated heterocycles. The topological polar surface area (TPSA) is 15.3 Å². The summed E-state index contributed by atoms with van der Waals surface area (Å²) in [7, 11) is 2.05. The zero-order valence-electron chi connectivity index (χ0n) is 12.0. The van der Waals surface area contributed by atoms with Gasteiger partial charge in [0.15, 0.2) is 0 Å². The summed E-state index contributed by atoms with van der Waals surface area (Å²) < 4.78 is 1.18. The highest BCUT2D eigenvalue weighted by Crippen LogP contribution is 2.28. The first-order valence-corrected chi connectivity index (χ1v) is 8.14. The van der Waals surface area contributed by atoms with Gasteiger partial charge in [-0.3, -0.25) is 4.90 Å². The van der Waals surface area contributed by atoms with E-state index in [4.69, 9.17) is 0 Å². The summed E-state index contributed by atoms with van der Waals surface area (Å²) in [5.74, 6) is 0.915. The van der Waals surface area contributed by atoms with Gasteiger partial charge >= 0.3 is 0 Å². The molecule has 2 nitrogen and oxygen atoms in total. The molecule has 0 saturated carbocycles. The van der Waals surface area contributed by atoms with Gasteiger partial charge in [-0.25, -0.2) is 0 Å². The Hall–Kier alpha value is -0.380. The summed E-state index contributed by atoms with van der Waals surface area (Å²) >= 11 is 3.57. The summed E-state index contributed by atoms with van der Waals surface area (Å²) in [6, 6.07) is 9.25. The van der Waals surface area contributed by atoms with E-state index in [0.717, 1.165) is 12.5 Å². The van der Waals surface area contributed by atoms with Crippen LogP contribution in [0, 0.1) is 5.92 Å². The number of benzene rings is 1. The smallest absolute Gasteiger partial charge is 0.0320 e. The molecular weight excluding hydrogens is 300 g/mol. The largest absolute Gasteiger partial charge is 0.320 e. The van der Waals surface area contributed by atoms with Gasteiger partial charge in [0.2, 0.25) is 0 Å². The van der Waals surface area contributed by atoms with E-state index < -0.39 is 0 Å². The van der Waals surface area contributed by atoms with E-state index in [1.807, 2.05) is 7.05 Å². The fraction of sp³-hybridized carbons (Fsp3) is 0.625. The Labute approximate surface area is 125 Å². The first-order chi connectivity index (χ1) is 9.20. The van der Waals surface area contributed by atoms with E-state index in [9.17, 15) is 0 Å². The highest BCUT2D eigenvalue weighted by atomic mass is 79.9. The molecule has 19 heavy (non-hydrogen) atoms. The van der Waals surface area contributed by atoms with E-state index in [0.29, 0.717) is 6.04 Å². The molecule has 1 aliphatic rings. The molecule has 0 amide bonds. The standard InChI is InChI=1S/C16H25BrN2/c1-13(15-4-3-5-16(17)12-15)19-10-7-14(8-11-19)6-9-18-2/h3-5,12-14,18H,6-11H2,1-2H3. The van der Waals surface area contributed by atoms with Crippen molar-refractivity contribution in [3.8, 4) is 0 Å². The zero-order valence-corrected chi connectivity index (χ0v) is 13.6. The minimum Gasteiger partial charge on any atom is -0.320 e. The third-order valence-electron chi connectivity index (χ3n) is 4.33. The molecule has 1 aromatic rings. The Morgan fingerprint density at radius 1 is 1.37 bits per heavy atom. The lowest BCUT2D eigenvalue weighted by Crippen LogP contribution is -2.36. The van der Waals surface area contributed by atoms with E-state index in [1.54, 1.807) is 0 Å². The molecule has 1 aliphatic heterocycles. The number of likely N-dealkylation sites (tertiary alicyclic amines) is 1. The molecule has 1 heterocycles. The van der Waals surface area contributed by atoms with E-state index in [1.165, 1.54) is 42.4 Å². The summed E-state index contributed by atoms with van der Waals surface area (Å²) in [6.07, 6.45) is 4.02. The maximum atomic E-state index is 3.57. The van der Waals surface area contributed by atoms with Gasteiger partial charge in [0, 0.05) is 10.5 Å². The van der Waals surface area contributed by atoms with Crippen molar-refractivity contribution < 1.29 is 0 Å². The van der Waals surface area contributed by atoms with Crippen LogP contribution in [0.4, 0.5) is 0 Å². The average Bonchev–Trinajstić information content (AvgIpc) is 2.45. The molecule has 0 aliphatic carbocycles. The van der Waals surface area contributed by atoms with Crippen molar-refractivity contribution in [1.82, 2.24) is 10.2 Å². The molecule has 1 atom stereocenters. The van der Waals surface area contributed by atoms with Gasteiger partial charge in [0.25, 0.3) is 0 Å². The maximum Gasteiger partial charge on any atom is 0.0320 e. The Kier molecular flexibility index (Phi) is 5.86. The molecule has 1 unspecified atom stereocenters. The van der Waals surface area contributed by atoms with Crippen LogP contribution >= 0.6 is 15.9 Å². The van der Waals surface area contributed by atoms with Crippen LogP contribution in [0.3, 0.4) is 0 Å². The van der Waals surface area contributed by atoms with Crippen molar-refractivity contribution in [1.29, 1.82) is 0 Å². The van der Waals surface area contributed by atoms with Gasteiger partial charge in [0.1, 0.15) is 0 Å². The molecule has 2 rings (SSSR count). The molecule has 1 aromatic carbocycles. The van der Waals surface area contributed by atoms with Crippen molar-refractivity contribution in [2.75, 3.05) is 26.7 Å². The van der Waals surface area contributed by atoms with Crippen LogP contribution in [0.5, 0.6) is 0 Å². The number of rotatable bonds is 5. The van der Waals surface area contributed by atoms with Gasteiger partial charge in [-0.1, -0.05) is 28.1 Å². The Morgan fingerprint density at radius 2 is 2.11 bits per heavy atom. The number of hydrogen-bond acceptors (Lipinski definition) is 2. The van der Waals surface area contributed by atoms with Gasteiger partial charge < -0.3 is 5.32 Å². The summed E-state index contributed by atoms with van der Waals surface area (Å²) in [5, 5.41) is 3.26. The lowest BCUT2D eigenvalue weighted by Gasteiger charge is -2.36. The van der Waals surface area contributed by atoms with Crippen LogP contribution < -0.4 is 5.32 Å². The lowest BCUT2D eigenvalue weighted by atomic mass is 9.92. The number of hydrogen-bond donors (Lipinski definition) is 1. The van der Waals surface area contributed by atoms with E-state index in [2.05, 4.69) is 57.3 Å². The summed E-state index contributed by atoms with van der Waals surface area (Å²) in [4.78, 5) is 2.62. The zero-order chi connectivity index (χ0) is 13.7. The molecule has 0 spiro atoms. The molecule has 0 aromatic heterocycles. The van der Waals surface area contributed by atoms with Gasteiger partial charge in [-0.15, -0.1) is 0 Å².